The van der Waals surface area contributed by atoms with Gasteiger partial charge in [0.05, 0.1) is 7.11 Å². The molecule has 2 heteroatoms. The summed E-state index contributed by atoms with van der Waals surface area (Å²) in [5, 5.41) is 3.57. The van der Waals surface area contributed by atoms with Crippen molar-refractivity contribution >= 4 is 0 Å². The lowest BCUT2D eigenvalue weighted by Crippen LogP contribution is -2.17. The van der Waals surface area contributed by atoms with Gasteiger partial charge in [-0.2, -0.15) is 0 Å². The Morgan fingerprint density at radius 1 is 1.00 bits per heavy atom. The summed E-state index contributed by atoms with van der Waals surface area (Å²) in [6.07, 6.45) is 3.71. The highest BCUT2D eigenvalue weighted by atomic mass is 16.5. The molecule has 1 aliphatic rings. The first kappa shape index (κ1) is 14.2. The highest BCUT2D eigenvalue weighted by molar-refractivity contribution is 5.34. The molecule has 1 saturated carbocycles. The molecule has 2 aromatic rings. The van der Waals surface area contributed by atoms with Crippen molar-refractivity contribution in [3.63, 3.8) is 0 Å². The molecule has 1 fully saturated rings. The van der Waals surface area contributed by atoms with Gasteiger partial charge < -0.3 is 10.1 Å². The van der Waals surface area contributed by atoms with Gasteiger partial charge in [0, 0.05) is 6.54 Å². The number of hydrogen-bond donors (Lipinski definition) is 1. The average molecular weight is 281 g/mol. The minimum absolute atomic E-state index is 0.817. The monoisotopic (exact) mass is 281 g/mol. The maximum atomic E-state index is 5.39. The summed E-state index contributed by atoms with van der Waals surface area (Å²) >= 11 is 0. The van der Waals surface area contributed by atoms with Gasteiger partial charge in [-0.05, 0) is 54.5 Å². The number of ether oxygens (including phenoxy) is 1. The van der Waals surface area contributed by atoms with Gasteiger partial charge in [0.25, 0.3) is 0 Å². The molecular formula is C19H23NO. The second kappa shape index (κ2) is 6.77. The summed E-state index contributed by atoms with van der Waals surface area (Å²) < 4.78 is 5.39. The van der Waals surface area contributed by atoms with E-state index >= 15 is 0 Å². The van der Waals surface area contributed by atoms with Gasteiger partial charge in [0.1, 0.15) is 5.75 Å². The van der Waals surface area contributed by atoms with Crippen LogP contribution in [0.4, 0.5) is 0 Å². The van der Waals surface area contributed by atoms with Gasteiger partial charge in [-0.3, -0.25) is 0 Å². The van der Waals surface area contributed by atoms with Crippen molar-refractivity contribution in [3.05, 3.63) is 65.2 Å². The highest BCUT2D eigenvalue weighted by Gasteiger charge is 2.25. The summed E-state index contributed by atoms with van der Waals surface area (Å²) in [7, 11) is 1.73. The van der Waals surface area contributed by atoms with Crippen molar-refractivity contribution < 1.29 is 4.74 Å². The predicted octanol–water partition coefficient (Wildman–Crippen LogP) is 3.90. The van der Waals surface area contributed by atoms with Crippen LogP contribution >= 0.6 is 0 Å². The van der Waals surface area contributed by atoms with E-state index < -0.39 is 0 Å². The van der Waals surface area contributed by atoms with Crippen LogP contribution in [0.1, 0.15) is 35.4 Å². The molecule has 0 bridgehead atoms. The molecule has 1 N–H and O–H groups in total. The van der Waals surface area contributed by atoms with Gasteiger partial charge in [-0.15, -0.1) is 0 Å². The Hall–Kier alpha value is -1.80. The normalized spacial score (nSPS) is 14.1. The molecule has 110 valence electrons. The minimum atomic E-state index is 0.817. The lowest BCUT2D eigenvalue weighted by Gasteiger charge is -2.11. The van der Waals surface area contributed by atoms with Crippen molar-refractivity contribution in [3.8, 4) is 5.75 Å². The Balaban J connectivity index is 1.52. The molecule has 21 heavy (non-hydrogen) atoms. The summed E-state index contributed by atoms with van der Waals surface area (Å²) in [6, 6.07) is 17.1. The van der Waals surface area contributed by atoms with E-state index in [9.17, 15) is 0 Å². The van der Waals surface area contributed by atoms with Crippen molar-refractivity contribution in [1.82, 2.24) is 5.32 Å². The zero-order chi connectivity index (χ0) is 14.5. The van der Waals surface area contributed by atoms with Crippen LogP contribution in [-0.4, -0.2) is 13.7 Å². The van der Waals surface area contributed by atoms with Gasteiger partial charge in [-0.1, -0.05) is 42.5 Å². The standard InChI is InChI=1S/C19H23NO/c1-21-19-9-5-3-6-16(19)12-13-20-14-17-7-2-4-8-18(17)15-10-11-15/h2-9,15,20H,10-14H2,1H3. The van der Waals surface area contributed by atoms with Crippen LogP contribution in [0.15, 0.2) is 48.5 Å². The van der Waals surface area contributed by atoms with Gasteiger partial charge >= 0.3 is 0 Å². The molecule has 0 spiro atoms. The summed E-state index contributed by atoms with van der Waals surface area (Å²) in [5.41, 5.74) is 4.27. The number of rotatable bonds is 7. The van der Waals surface area contributed by atoms with Crippen LogP contribution in [0.5, 0.6) is 5.75 Å². The van der Waals surface area contributed by atoms with Crippen molar-refractivity contribution in [2.75, 3.05) is 13.7 Å². The van der Waals surface area contributed by atoms with Crippen molar-refractivity contribution in [2.45, 2.75) is 31.7 Å². The van der Waals surface area contributed by atoms with E-state index in [4.69, 9.17) is 4.74 Å². The molecule has 0 saturated heterocycles. The zero-order valence-electron chi connectivity index (χ0n) is 12.6. The van der Waals surface area contributed by atoms with Crippen LogP contribution in [0, 0.1) is 0 Å². The molecule has 0 heterocycles. The number of methoxy groups -OCH3 is 1. The Morgan fingerprint density at radius 3 is 2.48 bits per heavy atom. The fraction of sp³-hybridized carbons (Fsp3) is 0.368. The molecule has 0 radical (unpaired) electrons. The molecule has 0 aromatic heterocycles. The SMILES string of the molecule is COc1ccccc1CCNCc1ccccc1C1CC1. The van der Waals surface area contributed by atoms with Gasteiger partial charge in [-0.25, -0.2) is 0 Å². The first-order valence-corrected chi connectivity index (χ1v) is 7.79. The quantitative estimate of drug-likeness (QED) is 0.777. The molecule has 0 aliphatic heterocycles. The minimum Gasteiger partial charge on any atom is -0.496 e. The van der Waals surface area contributed by atoms with Crippen LogP contribution in [-0.2, 0) is 13.0 Å². The fourth-order valence-corrected chi connectivity index (χ4v) is 2.84. The lowest BCUT2D eigenvalue weighted by atomic mass is 10.0. The predicted molar refractivity (Wildman–Crippen MR) is 86.8 cm³/mol. The zero-order valence-corrected chi connectivity index (χ0v) is 12.6. The molecule has 2 nitrogen and oxygen atoms in total. The Morgan fingerprint density at radius 2 is 1.71 bits per heavy atom. The fourth-order valence-electron chi connectivity index (χ4n) is 2.84. The second-order valence-electron chi connectivity index (χ2n) is 5.71. The average Bonchev–Trinajstić information content (AvgIpc) is 3.37. The molecule has 0 unspecified atom stereocenters. The molecule has 3 rings (SSSR count). The number of hydrogen-bond acceptors (Lipinski definition) is 2. The summed E-state index contributed by atoms with van der Waals surface area (Å²) in [6.45, 7) is 1.93. The molecular weight excluding hydrogens is 258 g/mol. The van der Waals surface area contributed by atoms with E-state index in [1.54, 1.807) is 12.7 Å². The Kier molecular flexibility index (Phi) is 4.56. The summed E-state index contributed by atoms with van der Waals surface area (Å²) in [4.78, 5) is 0. The van der Waals surface area contributed by atoms with Crippen LogP contribution in [0.25, 0.3) is 0 Å². The van der Waals surface area contributed by atoms with Crippen LogP contribution in [0.2, 0.25) is 0 Å². The smallest absolute Gasteiger partial charge is 0.122 e. The number of para-hydroxylation sites is 1. The maximum absolute atomic E-state index is 5.39. The molecule has 0 amide bonds. The van der Waals surface area contributed by atoms with E-state index in [0.29, 0.717) is 0 Å². The first-order chi connectivity index (χ1) is 10.4. The topological polar surface area (TPSA) is 21.3 Å². The van der Waals surface area contributed by atoms with Crippen molar-refractivity contribution in [1.29, 1.82) is 0 Å². The van der Waals surface area contributed by atoms with E-state index in [-0.39, 0.29) is 0 Å². The van der Waals surface area contributed by atoms with Gasteiger partial charge in [0.2, 0.25) is 0 Å². The third-order valence-corrected chi connectivity index (χ3v) is 4.15. The van der Waals surface area contributed by atoms with E-state index in [2.05, 4.69) is 41.7 Å². The summed E-state index contributed by atoms with van der Waals surface area (Å²) in [5.74, 6) is 1.80. The van der Waals surface area contributed by atoms with E-state index in [0.717, 1.165) is 31.2 Å². The first-order valence-electron chi connectivity index (χ1n) is 7.79. The van der Waals surface area contributed by atoms with E-state index in [1.165, 1.54) is 24.0 Å². The second-order valence-corrected chi connectivity index (χ2v) is 5.71. The largest absolute Gasteiger partial charge is 0.496 e. The third-order valence-electron chi connectivity index (χ3n) is 4.15. The molecule has 0 atom stereocenters. The van der Waals surface area contributed by atoms with E-state index in [1.807, 2.05) is 12.1 Å². The van der Waals surface area contributed by atoms with Crippen molar-refractivity contribution in [2.24, 2.45) is 0 Å². The highest BCUT2D eigenvalue weighted by Crippen LogP contribution is 2.41. The molecule has 2 aromatic carbocycles. The number of nitrogens with one attached hydrogen (secondary N) is 1. The Labute approximate surface area is 127 Å². The lowest BCUT2D eigenvalue weighted by molar-refractivity contribution is 0.409. The number of benzene rings is 2. The van der Waals surface area contributed by atoms with Gasteiger partial charge in [0.15, 0.2) is 0 Å². The third kappa shape index (κ3) is 3.64. The molecule has 1 aliphatic carbocycles. The Bertz CT molecular complexity index is 590. The van der Waals surface area contributed by atoms with Crippen LogP contribution < -0.4 is 10.1 Å². The maximum Gasteiger partial charge on any atom is 0.122 e. The van der Waals surface area contributed by atoms with Crippen LogP contribution in [0.3, 0.4) is 0 Å².